The van der Waals surface area contributed by atoms with Crippen molar-refractivity contribution in [3.8, 4) is 0 Å². The van der Waals surface area contributed by atoms with Crippen molar-refractivity contribution in [2.75, 3.05) is 13.7 Å². The van der Waals surface area contributed by atoms with E-state index in [0.29, 0.717) is 0 Å². The fourth-order valence-corrected chi connectivity index (χ4v) is 1.65. The molecule has 0 aromatic heterocycles. The molecule has 1 aromatic carbocycles. The predicted molar refractivity (Wildman–Crippen MR) is 73.7 cm³/mol. The number of carbonyl (C=O) groups excluding carboxylic acids is 2. The second-order valence-electron chi connectivity index (χ2n) is 3.88. The third-order valence-electron chi connectivity index (χ3n) is 2.47. The molecule has 0 bridgehead atoms. The zero-order valence-corrected chi connectivity index (χ0v) is 12.4. The Labute approximate surface area is 120 Å². The van der Waals surface area contributed by atoms with Crippen molar-refractivity contribution >= 4 is 28.0 Å². The van der Waals surface area contributed by atoms with E-state index in [1.165, 1.54) is 7.11 Å². The van der Waals surface area contributed by atoms with Gasteiger partial charge in [0.2, 0.25) is 0 Å². The van der Waals surface area contributed by atoms with E-state index < -0.39 is 12.1 Å². The van der Waals surface area contributed by atoms with Gasteiger partial charge >= 0.3 is 12.1 Å². The lowest BCUT2D eigenvalue weighted by Crippen LogP contribution is -2.28. The van der Waals surface area contributed by atoms with Crippen LogP contribution < -0.4 is 5.32 Å². The van der Waals surface area contributed by atoms with Gasteiger partial charge in [0.25, 0.3) is 0 Å². The molecule has 0 saturated carbocycles. The summed E-state index contributed by atoms with van der Waals surface area (Å²) < 4.78 is 10.3. The Kier molecular flexibility index (Phi) is 6.35. The Morgan fingerprint density at radius 1 is 1.32 bits per heavy atom. The van der Waals surface area contributed by atoms with Gasteiger partial charge in [0, 0.05) is 4.47 Å². The number of rotatable bonds is 5. The first kappa shape index (κ1) is 15.5. The molecule has 5 nitrogen and oxygen atoms in total. The van der Waals surface area contributed by atoms with Gasteiger partial charge in [-0.3, -0.25) is 4.79 Å². The fraction of sp³-hybridized carbons (Fsp3) is 0.385. The molecule has 0 unspecified atom stereocenters. The van der Waals surface area contributed by atoms with E-state index in [1.807, 2.05) is 31.2 Å². The molecule has 104 valence electrons. The number of hydrogen-bond acceptors (Lipinski definition) is 4. The van der Waals surface area contributed by atoms with E-state index in [2.05, 4.69) is 26.0 Å². The molecular formula is C13H16BrNO4. The molecule has 0 heterocycles. The highest BCUT2D eigenvalue weighted by Crippen LogP contribution is 2.16. The molecule has 0 spiro atoms. The minimum atomic E-state index is -0.556. The zero-order chi connectivity index (χ0) is 14.3. The summed E-state index contributed by atoms with van der Waals surface area (Å²) in [4.78, 5) is 22.3. The zero-order valence-electron chi connectivity index (χ0n) is 10.8. The van der Waals surface area contributed by atoms with Crippen molar-refractivity contribution < 1.29 is 19.1 Å². The molecule has 1 atom stereocenters. The molecule has 0 aliphatic carbocycles. The number of methoxy groups -OCH3 is 1. The van der Waals surface area contributed by atoms with Crippen LogP contribution in [-0.4, -0.2) is 25.8 Å². The van der Waals surface area contributed by atoms with Crippen molar-refractivity contribution in [3.05, 3.63) is 34.3 Å². The minimum Gasteiger partial charge on any atom is -0.469 e. The lowest BCUT2D eigenvalue weighted by molar-refractivity contribution is -0.141. The SMILES string of the molecule is COC(=O)CCOC(=O)N[C@@H](C)c1ccc(Br)cc1. The molecule has 1 N–H and O–H groups in total. The third kappa shape index (κ3) is 5.74. The van der Waals surface area contributed by atoms with Crippen LogP contribution in [0.2, 0.25) is 0 Å². The van der Waals surface area contributed by atoms with Gasteiger partial charge in [0.05, 0.1) is 19.6 Å². The molecule has 19 heavy (non-hydrogen) atoms. The number of ether oxygens (including phenoxy) is 2. The van der Waals surface area contributed by atoms with Gasteiger partial charge in [-0.1, -0.05) is 28.1 Å². The number of esters is 1. The molecule has 0 fully saturated rings. The number of hydrogen-bond donors (Lipinski definition) is 1. The Bertz CT molecular complexity index is 433. The number of carbonyl (C=O) groups is 2. The monoisotopic (exact) mass is 329 g/mol. The van der Waals surface area contributed by atoms with Crippen molar-refractivity contribution in [2.45, 2.75) is 19.4 Å². The molecular weight excluding hydrogens is 314 g/mol. The summed E-state index contributed by atoms with van der Waals surface area (Å²) in [7, 11) is 1.29. The predicted octanol–water partition coefficient (Wildman–Crippen LogP) is 2.80. The van der Waals surface area contributed by atoms with E-state index in [4.69, 9.17) is 4.74 Å². The Morgan fingerprint density at radius 3 is 2.53 bits per heavy atom. The molecule has 0 saturated heterocycles. The molecule has 1 rings (SSSR count). The summed E-state index contributed by atoms with van der Waals surface area (Å²) in [6.07, 6.45) is -0.504. The summed E-state index contributed by atoms with van der Waals surface area (Å²) >= 11 is 3.34. The number of amides is 1. The van der Waals surface area contributed by atoms with Crippen LogP contribution in [0, 0.1) is 0 Å². The molecule has 6 heteroatoms. The first-order chi connectivity index (χ1) is 9.02. The van der Waals surface area contributed by atoms with Gasteiger partial charge in [-0.15, -0.1) is 0 Å². The second kappa shape index (κ2) is 7.78. The van der Waals surface area contributed by atoms with E-state index in [-0.39, 0.29) is 19.1 Å². The van der Waals surface area contributed by atoms with E-state index in [9.17, 15) is 9.59 Å². The van der Waals surface area contributed by atoms with Crippen molar-refractivity contribution in [3.63, 3.8) is 0 Å². The number of benzene rings is 1. The van der Waals surface area contributed by atoms with Crippen LogP contribution in [0.1, 0.15) is 24.9 Å². The van der Waals surface area contributed by atoms with Crippen molar-refractivity contribution in [1.29, 1.82) is 0 Å². The lowest BCUT2D eigenvalue weighted by atomic mass is 10.1. The van der Waals surface area contributed by atoms with Crippen LogP contribution in [0.3, 0.4) is 0 Å². The minimum absolute atomic E-state index is 0.00552. The van der Waals surface area contributed by atoms with Gasteiger partial charge in [-0.25, -0.2) is 4.79 Å². The Balaban J connectivity index is 2.35. The Morgan fingerprint density at radius 2 is 1.95 bits per heavy atom. The highest BCUT2D eigenvalue weighted by molar-refractivity contribution is 9.10. The van der Waals surface area contributed by atoms with Crippen LogP contribution >= 0.6 is 15.9 Å². The molecule has 0 aliphatic heterocycles. The van der Waals surface area contributed by atoms with Crippen LogP contribution in [0.25, 0.3) is 0 Å². The van der Waals surface area contributed by atoms with Crippen LogP contribution in [0.15, 0.2) is 28.7 Å². The molecule has 1 aromatic rings. The summed E-state index contributed by atoms with van der Waals surface area (Å²) in [6.45, 7) is 1.86. The first-order valence-electron chi connectivity index (χ1n) is 5.78. The topological polar surface area (TPSA) is 64.6 Å². The highest BCUT2D eigenvalue weighted by atomic mass is 79.9. The normalized spacial score (nSPS) is 11.5. The van der Waals surface area contributed by atoms with Crippen LogP contribution in [-0.2, 0) is 14.3 Å². The number of nitrogens with one attached hydrogen (secondary N) is 1. The van der Waals surface area contributed by atoms with Crippen LogP contribution in [0.5, 0.6) is 0 Å². The van der Waals surface area contributed by atoms with E-state index in [1.54, 1.807) is 0 Å². The Hall–Kier alpha value is -1.56. The first-order valence-corrected chi connectivity index (χ1v) is 6.58. The van der Waals surface area contributed by atoms with Crippen LogP contribution in [0.4, 0.5) is 4.79 Å². The van der Waals surface area contributed by atoms with Gasteiger partial charge in [-0.05, 0) is 24.6 Å². The van der Waals surface area contributed by atoms with Gasteiger partial charge in [-0.2, -0.15) is 0 Å². The van der Waals surface area contributed by atoms with Gasteiger partial charge < -0.3 is 14.8 Å². The average Bonchev–Trinajstić information content (AvgIpc) is 2.39. The molecule has 1 amide bonds. The van der Waals surface area contributed by atoms with E-state index >= 15 is 0 Å². The maximum absolute atomic E-state index is 11.5. The summed E-state index contributed by atoms with van der Waals surface area (Å²) in [5, 5.41) is 2.68. The van der Waals surface area contributed by atoms with Crippen molar-refractivity contribution in [1.82, 2.24) is 5.32 Å². The maximum Gasteiger partial charge on any atom is 0.407 e. The second-order valence-corrected chi connectivity index (χ2v) is 4.80. The lowest BCUT2D eigenvalue weighted by Gasteiger charge is -2.14. The van der Waals surface area contributed by atoms with Crippen molar-refractivity contribution in [2.24, 2.45) is 0 Å². The maximum atomic E-state index is 11.5. The molecule has 0 radical (unpaired) electrons. The quantitative estimate of drug-likeness (QED) is 0.843. The van der Waals surface area contributed by atoms with Gasteiger partial charge in [0.1, 0.15) is 6.61 Å². The molecule has 0 aliphatic rings. The number of halogens is 1. The van der Waals surface area contributed by atoms with Gasteiger partial charge in [0.15, 0.2) is 0 Å². The average molecular weight is 330 g/mol. The smallest absolute Gasteiger partial charge is 0.407 e. The fourth-order valence-electron chi connectivity index (χ4n) is 1.38. The highest BCUT2D eigenvalue weighted by Gasteiger charge is 2.11. The number of alkyl carbamates (subject to hydrolysis) is 1. The summed E-state index contributed by atoms with van der Waals surface area (Å²) in [5.41, 5.74) is 0.966. The third-order valence-corrected chi connectivity index (χ3v) is 3.00. The largest absolute Gasteiger partial charge is 0.469 e. The van der Waals surface area contributed by atoms with E-state index in [0.717, 1.165) is 10.0 Å². The summed E-state index contributed by atoms with van der Waals surface area (Å²) in [6, 6.07) is 7.44. The summed E-state index contributed by atoms with van der Waals surface area (Å²) in [5.74, 6) is -0.409. The standard InChI is InChI=1S/C13H16BrNO4/c1-9(10-3-5-11(14)6-4-10)15-13(17)19-8-7-12(16)18-2/h3-6,9H,7-8H2,1-2H3,(H,15,17)/t9-/m0/s1.